The Balaban J connectivity index is 1.94. The largest absolute Gasteiger partial charge is 0.481 e. The summed E-state index contributed by atoms with van der Waals surface area (Å²) in [6.07, 6.45) is 1.81. The molecule has 0 amide bonds. The summed E-state index contributed by atoms with van der Waals surface area (Å²) in [6, 6.07) is 9.56. The molecule has 7 heteroatoms. The topological polar surface area (TPSA) is 86.7 Å². The summed E-state index contributed by atoms with van der Waals surface area (Å²) in [4.78, 5) is 10.8. The Morgan fingerprint density at radius 3 is 2.43 bits per heavy atom. The maximum Gasteiger partial charge on any atom is 0.304 e. The van der Waals surface area contributed by atoms with Crippen molar-refractivity contribution in [3.63, 3.8) is 0 Å². The third-order valence-electron chi connectivity index (χ3n) is 4.29. The summed E-state index contributed by atoms with van der Waals surface area (Å²) in [6.45, 7) is 2.69. The van der Waals surface area contributed by atoms with Gasteiger partial charge in [0.2, 0.25) is 0 Å². The van der Waals surface area contributed by atoms with Gasteiger partial charge >= 0.3 is 5.97 Å². The molecule has 1 aromatic carbocycles. The van der Waals surface area contributed by atoms with E-state index in [1.807, 2.05) is 18.2 Å². The number of hydrogen-bond donors (Lipinski definition) is 2. The van der Waals surface area contributed by atoms with Crippen LogP contribution in [0.1, 0.15) is 44.1 Å². The Morgan fingerprint density at radius 1 is 1.30 bits per heavy atom. The van der Waals surface area contributed by atoms with E-state index in [2.05, 4.69) is 16.9 Å². The molecule has 0 radical (unpaired) electrons. The van der Waals surface area contributed by atoms with Gasteiger partial charge in [-0.15, -0.1) is 0 Å². The van der Waals surface area contributed by atoms with Gasteiger partial charge in [0.05, 0.1) is 6.42 Å². The van der Waals surface area contributed by atoms with Gasteiger partial charge in [-0.2, -0.15) is 17.4 Å². The lowest BCUT2D eigenvalue weighted by atomic mass is 9.90. The van der Waals surface area contributed by atoms with Crippen LogP contribution in [-0.4, -0.2) is 42.9 Å². The first-order valence-corrected chi connectivity index (χ1v) is 9.40. The van der Waals surface area contributed by atoms with Gasteiger partial charge in [-0.05, 0) is 30.7 Å². The SMILES string of the molecule is CC[C@@H](CC(=O)O)NS(=O)(=O)N1CCC(c2ccccc2)CC1. The van der Waals surface area contributed by atoms with Crippen LogP contribution in [0.2, 0.25) is 0 Å². The first-order chi connectivity index (χ1) is 10.9. The zero-order chi connectivity index (χ0) is 16.9. The molecule has 1 saturated heterocycles. The fourth-order valence-corrected chi connectivity index (χ4v) is 4.43. The second-order valence-corrected chi connectivity index (χ2v) is 7.61. The minimum absolute atomic E-state index is 0.198. The number of carbonyl (C=O) groups is 1. The van der Waals surface area contributed by atoms with E-state index < -0.39 is 22.2 Å². The third-order valence-corrected chi connectivity index (χ3v) is 5.97. The van der Waals surface area contributed by atoms with Gasteiger partial charge in [-0.3, -0.25) is 4.79 Å². The van der Waals surface area contributed by atoms with Crippen LogP contribution in [0.25, 0.3) is 0 Å². The number of benzene rings is 1. The molecule has 0 saturated carbocycles. The standard InChI is InChI=1S/C16H24N2O4S/c1-2-15(12-16(19)20)17-23(21,22)18-10-8-14(9-11-18)13-6-4-3-5-7-13/h3-7,14-15,17H,2,8-12H2,1H3,(H,19,20)/t15-/m0/s1. The first-order valence-electron chi connectivity index (χ1n) is 7.96. The molecule has 0 aromatic heterocycles. The van der Waals surface area contributed by atoms with E-state index in [1.54, 1.807) is 6.92 Å². The van der Waals surface area contributed by atoms with Gasteiger partial charge < -0.3 is 5.11 Å². The molecule has 1 atom stereocenters. The van der Waals surface area contributed by atoms with E-state index in [4.69, 9.17) is 5.11 Å². The van der Waals surface area contributed by atoms with E-state index in [0.29, 0.717) is 25.4 Å². The van der Waals surface area contributed by atoms with Gasteiger partial charge in [-0.1, -0.05) is 37.3 Å². The smallest absolute Gasteiger partial charge is 0.304 e. The fourth-order valence-electron chi connectivity index (χ4n) is 2.92. The second kappa shape index (κ2) is 7.90. The molecular formula is C16H24N2O4S. The van der Waals surface area contributed by atoms with Crippen molar-refractivity contribution >= 4 is 16.2 Å². The molecule has 0 spiro atoms. The molecule has 2 N–H and O–H groups in total. The van der Waals surface area contributed by atoms with Crippen LogP contribution >= 0.6 is 0 Å². The molecule has 1 aliphatic rings. The maximum atomic E-state index is 12.4. The van der Waals surface area contributed by atoms with E-state index in [1.165, 1.54) is 9.87 Å². The van der Waals surface area contributed by atoms with Crippen LogP contribution in [0.5, 0.6) is 0 Å². The summed E-state index contributed by atoms with van der Waals surface area (Å²) in [5.41, 5.74) is 1.25. The van der Waals surface area contributed by atoms with Crippen LogP contribution < -0.4 is 4.72 Å². The highest BCUT2D eigenvalue weighted by Gasteiger charge is 2.30. The average molecular weight is 340 g/mol. The normalized spacial score (nSPS) is 18.7. The number of carboxylic acids is 1. The number of piperidine rings is 1. The van der Waals surface area contributed by atoms with Gasteiger partial charge in [-0.25, -0.2) is 0 Å². The van der Waals surface area contributed by atoms with Crippen molar-refractivity contribution in [3.05, 3.63) is 35.9 Å². The maximum absolute atomic E-state index is 12.4. The lowest BCUT2D eigenvalue weighted by molar-refractivity contribution is -0.137. The highest BCUT2D eigenvalue weighted by Crippen LogP contribution is 2.28. The number of nitrogens with one attached hydrogen (secondary N) is 1. The first kappa shape index (κ1) is 17.9. The number of aliphatic carboxylic acids is 1. The summed E-state index contributed by atoms with van der Waals surface area (Å²) in [5, 5.41) is 8.83. The van der Waals surface area contributed by atoms with Crippen LogP contribution in [0.15, 0.2) is 30.3 Å². The lowest BCUT2D eigenvalue weighted by Gasteiger charge is -2.32. The van der Waals surface area contributed by atoms with Crippen molar-refractivity contribution in [1.29, 1.82) is 0 Å². The van der Waals surface area contributed by atoms with Crippen molar-refractivity contribution in [3.8, 4) is 0 Å². The van der Waals surface area contributed by atoms with Gasteiger partial charge in [0.25, 0.3) is 10.2 Å². The predicted molar refractivity (Wildman–Crippen MR) is 88.4 cm³/mol. The number of nitrogens with zero attached hydrogens (tertiary/aromatic N) is 1. The highest BCUT2D eigenvalue weighted by molar-refractivity contribution is 7.87. The molecule has 1 aromatic rings. The molecule has 6 nitrogen and oxygen atoms in total. The molecule has 1 aliphatic heterocycles. The summed E-state index contributed by atoms with van der Waals surface area (Å²) >= 11 is 0. The van der Waals surface area contributed by atoms with Crippen molar-refractivity contribution in [1.82, 2.24) is 9.03 Å². The Labute approximate surface area is 137 Å². The quantitative estimate of drug-likeness (QED) is 0.794. The third kappa shape index (κ3) is 5.02. The van der Waals surface area contributed by atoms with Crippen molar-refractivity contribution in [2.24, 2.45) is 0 Å². The molecule has 0 bridgehead atoms. The van der Waals surface area contributed by atoms with Crippen molar-refractivity contribution in [2.45, 2.75) is 44.6 Å². The number of carboxylic acid groups (broad SMARTS) is 1. The molecule has 0 unspecified atom stereocenters. The molecule has 2 rings (SSSR count). The summed E-state index contributed by atoms with van der Waals surface area (Å²) < 4.78 is 28.7. The lowest BCUT2D eigenvalue weighted by Crippen LogP contribution is -2.48. The van der Waals surface area contributed by atoms with Crippen LogP contribution in [0.3, 0.4) is 0 Å². The van der Waals surface area contributed by atoms with Gasteiger partial charge in [0.15, 0.2) is 0 Å². The predicted octanol–water partition coefficient (Wildman–Crippen LogP) is 1.95. The van der Waals surface area contributed by atoms with Gasteiger partial charge in [0, 0.05) is 19.1 Å². The Bertz CT molecular complexity index is 610. The monoisotopic (exact) mass is 340 g/mol. The summed E-state index contributed by atoms with van der Waals surface area (Å²) in [5.74, 6) is -0.619. The Morgan fingerprint density at radius 2 is 1.91 bits per heavy atom. The zero-order valence-corrected chi connectivity index (χ0v) is 14.1. The molecule has 128 valence electrons. The summed E-state index contributed by atoms with van der Waals surface area (Å²) in [7, 11) is -3.63. The van der Waals surface area contributed by atoms with Crippen LogP contribution in [0.4, 0.5) is 0 Å². The van der Waals surface area contributed by atoms with E-state index in [9.17, 15) is 13.2 Å². The number of rotatable bonds is 7. The van der Waals surface area contributed by atoms with Crippen LogP contribution in [-0.2, 0) is 15.0 Å². The van der Waals surface area contributed by atoms with E-state index in [-0.39, 0.29) is 6.42 Å². The molecule has 1 fully saturated rings. The highest BCUT2D eigenvalue weighted by atomic mass is 32.2. The fraction of sp³-hybridized carbons (Fsp3) is 0.562. The molecule has 1 heterocycles. The van der Waals surface area contributed by atoms with Gasteiger partial charge in [0.1, 0.15) is 0 Å². The minimum Gasteiger partial charge on any atom is -0.481 e. The van der Waals surface area contributed by atoms with Crippen molar-refractivity contribution in [2.75, 3.05) is 13.1 Å². The molecule has 23 heavy (non-hydrogen) atoms. The van der Waals surface area contributed by atoms with Crippen LogP contribution in [0, 0.1) is 0 Å². The van der Waals surface area contributed by atoms with E-state index in [0.717, 1.165) is 12.8 Å². The van der Waals surface area contributed by atoms with Crippen molar-refractivity contribution < 1.29 is 18.3 Å². The molecule has 0 aliphatic carbocycles. The minimum atomic E-state index is -3.63. The Hall–Kier alpha value is -1.44. The molecular weight excluding hydrogens is 316 g/mol. The van der Waals surface area contributed by atoms with E-state index >= 15 is 0 Å². The zero-order valence-electron chi connectivity index (χ0n) is 13.3. The number of hydrogen-bond acceptors (Lipinski definition) is 3. The Kier molecular flexibility index (Phi) is 6.15. The second-order valence-electron chi connectivity index (χ2n) is 5.91. The average Bonchev–Trinajstić information content (AvgIpc) is 2.54.